The van der Waals surface area contributed by atoms with Gasteiger partial charge in [-0.15, -0.1) is 0 Å². The summed E-state index contributed by atoms with van der Waals surface area (Å²) in [5.41, 5.74) is 5.26. The molecule has 1 rings (SSSR count). The predicted octanol–water partition coefficient (Wildman–Crippen LogP) is -1.98. The van der Waals surface area contributed by atoms with Gasteiger partial charge in [0.1, 0.15) is 12.2 Å². The lowest BCUT2D eigenvalue weighted by molar-refractivity contribution is -0.257. The van der Waals surface area contributed by atoms with Gasteiger partial charge in [-0.05, 0) is 0 Å². The topological polar surface area (TPSA) is 95.9 Å². The van der Waals surface area contributed by atoms with E-state index in [1.54, 1.807) is 6.92 Å². The van der Waals surface area contributed by atoms with Crippen molar-refractivity contribution in [1.82, 2.24) is 0 Å². The number of rotatable bonds is 1. The summed E-state index contributed by atoms with van der Waals surface area (Å²) in [5.74, 6) is -0.484. The van der Waals surface area contributed by atoms with E-state index in [1.807, 2.05) is 0 Å². The molecule has 0 radical (unpaired) electrons. The van der Waals surface area contributed by atoms with Crippen LogP contribution in [0.5, 0.6) is 0 Å². The van der Waals surface area contributed by atoms with Crippen LogP contribution < -0.4 is 5.73 Å². The first-order valence-electron chi connectivity index (χ1n) is 3.97. The number of nitrogens with two attached hydrogens (primary N) is 1. The Morgan fingerprint density at radius 1 is 1.25 bits per heavy atom. The molecule has 0 bridgehead atoms. The molecule has 5 heteroatoms. The monoisotopic (exact) mass is 177 g/mol. The molecule has 0 aromatic heterocycles. The largest absolute Gasteiger partial charge is 0.390 e. The van der Waals surface area contributed by atoms with Crippen LogP contribution in [-0.2, 0) is 4.74 Å². The summed E-state index contributed by atoms with van der Waals surface area (Å²) in [4.78, 5) is 0. The fraction of sp³-hybridized carbons (Fsp3) is 1.00. The van der Waals surface area contributed by atoms with Gasteiger partial charge in [0.25, 0.3) is 0 Å². The van der Waals surface area contributed by atoms with Gasteiger partial charge in [0.2, 0.25) is 0 Å². The van der Waals surface area contributed by atoms with Crippen molar-refractivity contribution in [2.75, 3.05) is 6.54 Å². The highest BCUT2D eigenvalue weighted by Crippen LogP contribution is 2.23. The molecule has 12 heavy (non-hydrogen) atoms. The highest BCUT2D eigenvalue weighted by molar-refractivity contribution is 4.86. The normalized spacial score (nSPS) is 49.2. The smallest absolute Gasteiger partial charge is 0.160 e. The Morgan fingerprint density at radius 2 is 1.83 bits per heavy atom. The van der Waals surface area contributed by atoms with Crippen LogP contribution in [0, 0.1) is 5.92 Å². The van der Waals surface area contributed by atoms with E-state index in [2.05, 4.69) is 0 Å². The third kappa shape index (κ3) is 1.60. The fourth-order valence-electron chi connectivity index (χ4n) is 1.28. The SMILES string of the molecule is C[C@@H]1C(O)[C@H](O)C(CN)O[C@@H]1O. The molecule has 0 saturated carbocycles. The second-order valence-corrected chi connectivity index (χ2v) is 3.14. The van der Waals surface area contributed by atoms with Crippen LogP contribution in [0.2, 0.25) is 0 Å². The van der Waals surface area contributed by atoms with Crippen LogP contribution in [-0.4, -0.2) is 46.5 Å². The summed E-state index contributed by atoms with van der Waals surface area (Å²) in [6.45, 7) is 1.69. The minimum Gasteiger partial charge on any atom is -0.390 e. The zero-order valence-corrected chi connectivity index (χ0v) is 6.92. The third-order valence-electron chi connectivity index (χ3n) is 2.27. The predicted molar refractivity (Wildman–Crippen MR) is 41.1 cm³/mol. The molecule has 1 fully saturated rings. The maximum Gasteiger partial charge on any atom is 0.160 e. The van der Waals surface area contributed by atoms with E-state index in [0.29, 0.717) is 0 Å². The second kappa shape index (κ2) is 3.68. The molecule has 1 saturated heterocycles. The summed E-state index contributed by atoms with van der Waals surface area (Å²) in [5, 5.41) is 28.0. The fourth-order valence-corrected chi connectivity index (χ4v) is 1.28. The molecule has 0 amide bonds. The van der Waals surface area contributed by atoms with Gasteiger partial charge in [-0.3, -0.25) is 0 Å². The van der Waals surface area contributed by atoms with Crippen LogP contribution in [0.4, 0.5) is 0 Å². The lowest BCUT2D eigenvalue weighted by Crippen LogP contribution is -2.55. The van der Waals surface area contributed by atoms with Gasteiger partial charge >= 0.3 is 0 Å². The number of hydrogen-bond donors (Lipinski definition) is 4. The Labute approximate surface area is 70.8 Å². The molecule has 5 atom stereocenters. The van der Waals surface area contributed by atoms with Gasteiger partial charge in [-0.1, -0.05) is 6.92 Å². The lowest BCUT2D eigenvalue weighted by atomic mass is 9.92. The van der Waals surface area contributed by atoms with Crippen LogP contribution in [0.3, 0.4) is 0 Å². The average Bonchev–Trinajstić information content (AvgIpc) is 2.08. The zero-order chi connectivity index (χ0) is 9.30. The van der Waals surface area contributed by atoms with Gasteiger partial charge in [0.05, 0.1) is 6.10 Å². The van der Waals surface area contributed by atoms with E-state index >= 15 is 0 Å². The molecule has 5 nitrogen and oxygen atoms in total. The summed E-state index contributed by atoms with van der Waals surface area (Å²) in [6, 6.07) is 0. The molecule has 5 N–H and O–H groups in total. The van der Waals surface area contributed by atoms with Crippen molar-refractivity contribution in [3.05, 3.63) is 0 Å². The zero-order valence-electron chi connectivity index (χ0n) is 6.92. The van der Waals surface area contributed by atoms with Crippen LogP contribution >= 0.6 is 0 Å². The molecule has 1 aliphatic rings. The molecular formula is C7H15NO4. The lowest BCUT2D eigenvalue weighted by Gasteiger charge is -2.38. The average molecular weight is 177 g/mol. The van der Waals surface area contributed by atoms with Gasteiger partial charge in [0.15, 0.2) is 6.29 Å². The molecule has 2 unspecified atom stereocenters. The van der Waals surface area contributed by atoms with Crippen molar-refractivity contribution < 1.29 is 20.1 Å². The van der Waals surface area contributed by atoms with Gasteiger partial charge < -0.3 is 25.8 Å². The van der Waals surface area contributed by atoms with Crippen LogP contribution in [0.25, 0.3) is 0 Å². The highest BCUT2D eigenvalue weighted by atomic mass is 16.6. The molecular weight excluding hydrogens is 162 g/mol. The van der Waals surface area contributed by atoms with Gasteiger partial charge in [0, 0.05) is 12.5 Å². The molecule has 0 aromatic rings. The number of hydrogen-bond acceptors (Lipinski definition) is 5. The van der Waals surface area contributed by atoms with Gasteiger partial charge in [-0.25, -0.2) is 0 Å². The number of ether oxygens (including phenoxy) is 1. The molecule has 72 valence electrons. The van der Waals surface area contributed by atoms with Crippen molar-refractivity contribution in [2.24, 2.45) is 11.7 Å². The van der Waals surface area contributed by atoms with Crippen LogP contribution in [0.15, 0.2) is 0 Å². The van der Waals surface area contributed by atoms with Crippen LogP contribution in [0.1, 0.15) is 6.92 Å². The summed E-state index contributed by atoms with van der Waals surface area (Å²) >= 11 is 0. The summed E-state index contributed by atoms with van der Waals surface area (Å²) in [7, 11) is 0. The minimum absolute atomic E-state index is 0.0853. The summed E-state index contributed by atoms with van der Waals surface area (Å²) < 4.78 is 4.95. The van der Waals surface area contributed by atoms with E-state index in [9.17, 15) is 15.3 Å². The van der Waals surface area contributed by atoms with Crippen molar-refractivity contribution >= 4 is 0 Å². The van der Waals surface area contributed by atoms with E-state index in [0.717, 1.165) is 0 Å². The van der Waals surface area contributed by atoms with Gasteiger partial charge in [-0.2, -0.15) is 0 Å². The first-order valence-corrected chi connectivity index (χ1v) is 3.97. The maximum atomic E-state index is 9.37. The Morgan fingerprint density at radius 3 is 2.33 bits per heavy atom. The molecule has 0 spiro atoms. The van der Waals surface area contributed by atoms with Crippen molar-refractivity contribution in [1.29, 1.82) is 0 Å². The summed E-state index contributed by atoms with van der Waals surface area (Å²) in [6.07, 6.45) is -3.70. The number of aliphatic hydroxyl groups is 3. The Balaban J connectivity index is 2.63. The molecule has 0 aromatic carbocycles. The van der Waals surface area contributed by atoms with Crippen molar-refractivity contribution in [2.45, 2.75) is 31.5 Å². The Hall–Kier alpha value is -0.200. The second-order valence-electron chi connectivity index (χ2n) is 3.14. The molecule has 0 aliphatic carbocycles. The molecule has 1 aliphatic heterocycles. The first-order chi connectivity index (χ1) is 5.57. The van der Waals surface area contributed by atoms with Crippen molar-refractivity contribution in [3.8, 4) is 0 Å². The van der Waals surface area contributed by atoms with Crippen molar-refractivity contribution in [3.63, 3.8) is 0 Å². The third-order valence-corrected chi connectivity index (χ3v) is 2.27. The quantitative estimate of drug-likeness (QED) is 0.372. The van der Waals surface area contributed by atoms with E-state index in [1.165, 1.54) is 0 Å². The standard InChI is InChI=1S/C7H15NO4/c1-3-5(9)6(10)4(2-8)12-7(3)11/h3-7,9-11H,2,8H2,1H3/t3-,4?,5?,6-,7+/m1/s1. The Bertz CT molecular complexity index is 150. The van der Waals surface area contributed by atoms with E-state index in [-0.39, 0.29) is 6.54 Å². The highest BCUT2D eigenvalue weighted by Gasteiger charge is 2.40. The molecule has 1 heterocycles. The minimum atomic E-state index is -1.04. The Kier molecular flexibility index (Phi) is 3.03. The van der Waals surface area contributed by atoms with E-state index in [4.69, 9.17) is 10.5 Å². The number of aliphatic hydroxyl groups excluding tert-OH is 3. The van der Waals surface area contributed by atoms with E-state index < -0.39 is 30.5 Å². The first kappa shape index (κ1) is 9.88. The maximum absolute atomic E-state index is 9.37.